The van der Waals surface area contributed by atoms with Crippen LogP contribution in [0.3, 0.4) is 0 Å². The van der Waals surface area contributed by atoms with Crippen molar-refractivity contribution >= 4 is 29.3 Å². The minimum Gasteiger partial charge on any atom is -0.383 e. The van der Waals surface area contributed by atoms with E-state index in [-0.39, 0.29) is 34.4 Å². The van der Waals surface area contributed by atoms with E-state index in [0.29, 0.717) is 17.2 Å². The predicted molar refractivity (Wildman–Crippen MR) is 117 cm³/mol. The molecule has 0 spiro atoms. The zero-order valence-corrected chi connectivity index (χ0v) is 18.8. The van der Waals surface area contributed by atoms with Crippen LogP contribution in [-0.4, -0.2) is 46.2 Å². The number of amides is 1. The van der Waals surface area contributed by atoms with Gasteiger partial charge in [-0.2, -0.15) is 13.2 Å². The third-order valence-corrected chi connectivity index (χ3v) is 5.59. The molecule has 3 aromatic rings. The number of carbonyl (C=O) groups is 1. The van der Waals surface area contributed by atoms with Gasteiger partial charge in [-0.25, -0.2) is 0 Å². The molecule has 0 aliphatic heterocycles. The van der Waals surface area contributed by atoms with Gasteiger partial charge >= 0.3 is 6.18 Å². The molecule has 1 atom stereocenters. The molecule has 0 aliphatic rings. The molecule has 2 aromatic carbocycles. The summed E-state index contributed by atoms with van der Waals surface area (Å²) in [5.41, 5.74) is -0.101. The zero-order valence-electron chi connectivity index (χ0n) is 17.2. The fourth-order valence-corrected chi connectivity index (χ4v) is 3.96. The van der Waals surface area contributed by atoms with Gasteiger partial charge in [0.1, 0.15) is 0 Å². The van der Waals surface area contributed by atoms with Crippen LogP contribution in [0.5, 0.6) is 0 Å². The molecule has 0 fully saturated rings. The topological polar surface area (TPSA) is 69.0 Å². The number of nitrogens with zero attached hydrogens (tertiary/aromatic N) is 3. The fraction of sp³-hybridized carbons (Fsp3) is 0.286. The van der Waals surface area contributed by atoms with E-state index >= 15 is 0 Å². The number of carbonyl (C=O) groups excluding carboxylic acids is 1. The van der Waals surface area contributed by atoms with E-state index in [1.54, 1.807) is 31.2 Å². The maximum Gasteiger partial charge on any atom is 0.416 e. The number of alkyl halides is 3. The number of aromatic nitrogens is 3. The minimum absolute atomic E-state index is 0.00628. The van der Waals surface area contributed by atoms with E-state index in [4.69, 9.17) is 16.3 Å². The van der Waals surface area contributed by atoms with Gasteiger partial charge in [0.2, 0.25) is 5.91 Å². The SMILES string of the molecule is COCC(C)NC(=O)CSc1nnc(-c2ccccc2Cl)n1-c1cccc(C(F)(F)F)c1. The van der Waals surface area contributed by atoms with Crippen molar-refractivity contribution in [3.05, 3.63) is 59.1 Å². The number of rotatable bonds is 8. The molecule has 1 heterocycles. The van der Waals surface area contributed by atoms with E-state index in [2.05, 4.69) is 15.5 Å². The molecule has 1 aromatic heterocycles. The molecule has 0 radical (unpaired) electrons. The van der Waals surface area contributed by atoms with E-state index < -0.39 is 11.7 Å². The third kappa shape index (κ3) is 5.81. The number of hydrogen-bond acceptors (Lipinski definition) is 5. The highest BCUT2D eigenvalue weighted by atomic mass is 35.5. The summed E-state index contributed by atoms with van der Waals surface area (Å²) in [4.78, 5) is 12.3. The zero-order chi connectivity index (χ0) is 23.3. The van der Waals surface area contributed by atoms with Gasteiger partial charge in [-0.1, -0.05) is 41.6 Å². The quantitative estimate of drug-likeness (QED) is 0.463. The highest BCUT2D eigenvalue weighted by molar-refractivity contribution is 7.99. The second-order valence-corrected chi connectivity index (χ2v) is 8.23. The summed E-state index contributed by atoms with van der Waals surface area (Å²) < 4.78 is 46.4. The molecule has 0 saturated heterocycles. The molecule has 3 rings (SSSR count). The van der Waals surface area contributed by atoms with Crippen LogP contribution in [0.15, 0.2) is 53.7 Å². The van der Waals surface area contributed by atoms with Crippen molar-refractivity contribution < 1.29 is 22.7 Å². The van der Waals surface area contributed by atoms with Crippen LogP contribution in [0.2, 0.25) is 5.02 Å². The number of nitrogens with one attached hydrogen (secondary N) is 1. The summed E-state index contributed by atoms with van der Waals surface area (Å²) >= 11 is 7.36. The van der Waals surface area contributed by atoms with E-state index in [1.165, 1.54) is 23.8 Å². The van der Waals surface area contributed by atoms with Crippen LogP contribution >= 0.6 is 23.4 Å². The Hall–Kier alpha value is -2.56. The van der Waals surface area contributed by atoms with Crippen molar-refractivity contribution in [2.24, 2.45) is 0 Å². The Morgan fingerprint density at radius 1 is 1.22 bits per heavy atom. The highest BCUT2D eigenvalue weighted by Gasteiger charge is 2.31. The number of ether oxygens (including phenoxy) is 1. The number of thioether (sulfide) groups is 1. The van der Waals surface area contributed by atoms with Gasteiger partial charge in [-0.15, -0.1) is 10.2 Å². The predicted octanol–water partition coefficient (Wildman–Crippen LogP) is 4.85. The van der Waals surface area contributed by atoms with E-state index in [1.807, 2.05) is 0 Å². The molecule has 170 valence electrons. The van der Waals surface area contributed by atoms with Gasteiger partial charge in [0, 0.05) is 18.7 Å². The summed E-state index contributed by atoms with van der Waals surface area (Å²) in [6.07, 6.45) is -4.51. The lowest BCUT2D eigenvalue weighted by molar-refractivity contribution is -0.137. The average molecular weight is 485 g/mol. The highest BCUT2D eigenvalue weighted by Crippen LogP contribution is 2.35. The lowest BCUT2D eigenvalue weighted by Crippen LogP contribution is -2.36. The molecular weight excluding hydrogens is 465 g/mol. The van der Waals surface area contributed by atoms with E-state index in [9.17, 15) is 18.0 Å². The van der Waals surface area contributed by atoms with Gasteiger partial charge in [0.15, 0.2) is 11.0 Å². The summed E-state index contributed by atoms with van der Waals surface area (Å²) in [5, 5.41) is 11.7. The van der Waals surface area contributed by atoms with Crippen molar-refractivity contribution in [2.75, 3.05) is 19.5 Å². The van der Waals surface area contributed by atoms with Crippen LogP contribution < -0.4 is 5.32 Å². The maximum absolute atomic E-state index is 13.3. The third-order valence-electron chi connectivity index (χ3n) is 4.34. The molecule has 32 heavy (non-hydrogen) atoms. The van der Waals surface area contributed by atoms with Crippen molar-refractivity contribution in [3.8, 4) is 17.1 Å². The molecule has 6 nitrogen and oxygen atoms in total. The summed E-state index contributed by atoms with van der Waals surface area (Å²) in [6, 6.07) is 11.5. The summed E-state index contributed by atoms with van der Waals surface area (Å²) in [5.74, 6) is -0.00348. The van der Waals surface area contributed by atoms with Crippen LogP contribution in [-0.2, 0) is 15.7 Å². The lowest BCUT2D eigenvalue weighted by Gasteiger charge is -2.14. The standard InChI is InChI=1S/C21H20ClF3N4O2S/c1-13(11-31-2)26-18(30)12-32-20-28-27-19(16-8-3-4-9-17(16)22)29(20)15-7-5-6-14(10-15)21(23,24)25/h3-10,13H,11-12H2,1-2H3,(H,26,30). The molecule has 1 unspecified atom stereocenters. The van der Waals surface area contributed by atoms with E-state index in [0.717, 1.165) is 23.9 Å². The van der Waals surface area contributed by atoms with Crippen molar-refractivity contribution in [1.82, 2.24) is 20.1 Å². The molecule has 0 saturated carbocycles. The minimum atomic E-state index is -4.51. The average Bonchev–Trinajstić information content (AvgIpc) is 3.16. The Morgan fingerprint density at radius 2 is 1.97 bits per heavy atom. The molecule has 0 bridgehead atoms. The van der Waals surface area contributed by atoms with Crippen LogP contribution in [0.4, 0.5) is 13.2 Å². The van der Waals surface area contributed by atoms with Crippen molar-refractivity contribution in [3.63, 3.8) is 0 Å². The Labute approximate surface area is 192 Å². The Kier molecular flexibility index (Phi) is 7.81. The van der Waals surface area contributed by atoms with Crippen molar-refractivity contribution in [2.45, 2.75) is 24.3 Å². The molecular formula is C21H20ClF3N4O2S. The first kappa shape index (κ1) is 24.1. The molecule has 1 N–H and O–H groups in total. The first-order valence-electron chi connectivity index (χ1n) is 9.49. The van der Waals surface area contributed by atoms with Crippen LogP contribution in [0, 0.1) is 0 Å². The molecule has 11 heteroatoms. The van der Waals surface area contributed by atoms with Gasteiger partial charge < -0.3 is 10.1 Å². The first-order chi connectivity index (χ1) is 15.2. The summed E-state index contributed by atoms with van der Waals surface area (Å²) in [6.45, 7) is 2.15. The number of benzene rings is 2. The van der Waals surface area contributed by atoms with Crippen LogP contribution in [0.25, 0.3) is 17.1 Å². The molecule has 0 aliphatic carbocycles. The Bertz CT molecular complexity index is 1090. The fourth-order valence-electron chi connectivity index (χ4n) is 2.97. The number of hydrogen-bond donors (Lipinski definition) is 1. The number of halogens is 4. The normalized spacial score (nSPS) is 12.6. The Morgan fingerprint density at radius 3 is 2.66 bits per heavy atom. The second-order valence-electron chi connectivity index (χ2n) is 6.88. The second kappa shape index (κ2) is 10.4. The summed E-state index contributed by atoms with van der Waals surface area (Å²) in [7, 11) is 1.53. The van der Waals surface area contributed by atoms with Gasteiger partial charge in [0.05, 0.1) is 28.6 Å². The lowest BCUT2D eigenvalue weighted by atomic mass is 10.1. The monoisotopic (exact) mass is 484 g/mol. The molecule has 1 amide bonds. The largest absolute Gasteiger partial charge is 0.416 e. The van der Waals surface area contributed by atoms with Gasteiger partial charge in [-0.3, -0.25) is 9.36 Å². The first-order valence-corrected chi connectivity index (χ1v) is 10.9. The maximum atomic E-state index is 13.3. The van der Waals surface area contributed by atoms with Gasteiger partial charge in [0.25, 0.3) is 0 Å². The number of methoxy groups -OCH3 is 1. The van der Waals surface area contributed by atoms with Crippen LogP contribution in [0.1, 0.15) is 12.5 Å². The smallest absolute Gasteiger partial charge is 0.383 e. The Balaban J connectivity index is 1.99. The van der Waals surface area contributed by atoms with Gasteiger partial charge in [-0.05, 0) is 37.3 Å². The van der Waals surface area contributed by atoms with Crippen molar-refractivity contribution in [1.29, 1.82) is 0 Å².